The van der Waals surface area contributed by atoms with Crippen LogP contribution in [0.15, 0.2) is 36.7 Å². The lowest BCUT2D eigenvalue weighted by Gasteiger charge is -2.22. The Bertz CT molecular complexity index is 1050. The van der Waals surface area contributed by atoms with Crippen LogP contribution in [-0.4, -0.2) is 39.9 Å². The smallest absolute Gasteiger partial charge is 0.250 e. The number of rotatable bonds is 7. The molecule has 3 N–H and O–H groups in total. The van der Waals surface area contributed by atoms with E-state index in [1.54, 1.807) is 17.9 Å². The van der Waals surface area contributed by atoms with Crippen LogP contribution in [0.2, 0.25) is 0 Å². The highest BCUT2D eigenvalue weighted by Crippen LogP contribution is 2.28. The van der Waals surface area contributed by atoms with Crippen molar-refractivity contribution in [2.45, 2.75) is 38.4 Å². The van der Waals surface area contributed by atoms with Crippen molar-refractivity contribution >= 4 is 22.7 Å². The van der Waals surface area contributed by atoms with Crippen LogP contribution >= 0.6 is 0 Å². The minimum Gasteiger partial charge on any atom is -0.383 e. The number of nitrogens with one attached hydrogen (secondary N) is 1. The maximum atomic E-state index is 12.8. The molecule has 3 aromatic rings. The van der Waals surface area contributed by atoms with E-state index in [4.69, 9.17) is 10.5 Å². The second kappa shape index (κ2) is 8.08. The third-order valence-electron chi connectivity index (χ3n) is 5.37. The van der Waals surface area contributed by atoms with E-state index in [-0.39, 0.29) is 18.5 Å². The van der Waals surface area contributed by atoms with E-state index in [0.717, 1.165) is 35.9 Å². The van der Waals surface area contributed by atoms with E-state index in [2.05, 4.69) is 10.4 Å². The summed E-state index contributed by atoms with van der Waals surface area (Å²) >= 11 is 0. The molecule has 0 aliphatic heterocycles. The van der Waals surface area contributed by atoms with E-state index >= 15 is 0 Å². The summed E-state index contributed by atoms with van der Waals surface area (Å²) in [4.78, 5) is 24.5. The van der Waals surface area contributed by atoms with Crippen molar-refractivity contribution in [2.24, 2.45) is 5.73 Å². The fourth-order valence-corrected chi connectivity index (χ4v) is 4.01. The quantitative estimate of drug-likeness (QED) is 0.636. The molecular formula is C21H25N5O3. The molecule has 8 nitrogen and oxygen atoms in total. The van der Waals surface area contributed by atoms with Gasteiger partial charge in [0.05, 0.1) is 30.5 Å². The van der Waals surface area contributed by atoms with E-state index in [9.17, 15) is 9.59 Å². The van der Waals surface area contributed by atoms with Crippen LogP contribution in [0, 0.1) is 0 Å². The summed E-state index contributed by atoms with van der Waals surface area (Å²) in [5.41, 5.74) is 8.84. The van der Waals surface area contributed by atoms with Gasteiger partial charge in [0.15, 0.2) is 0 Å². The number of carbonyl (C=O) groups excluding carboxylic acids is 2. The number of hydrogen-bond donors (Lipinski definition) is 2. The Hall–Kier alpha value is -3.13. The van der Waals surface area contributed by atoms with Crippen molar-refractivity contribution in [3.63, 3.8) is 0 Å². The molecule has 2 heterocycles. The van der Waals surface area contributed by atoms with E-state index in [1.165, 1.54) is 5.56 Å². The number of nitrogens with two attached hydrogens (primary N) is 1. The second-order valence-electron chi connectivity index (χ2n) is 7.36. The average Bonchev–Trinajstić information content (AvgIpc) is 3.29. The predicted molar refractivity (Wildman–Crippen MR) is 108 cm³/mol. The molecule has 1 unspecified atom stereocenters. The van der Waals surface area contributed by atoms with Crippen molar-refractivity contribution in [2.75, 3.05) is 13.7 Å². The number of amides is 2. The summed E-state index contributed by atoms with van der Waals surface area (Å²) in [7, 11) is 1.67. The maximum absolute atomic E-state index is 12.8. The number of ether oxygens (including phenoxy) is 1. The van der Waals surface area contributed by atoms with Crippen molar-refractivity contribution in [3.05, 3.63) is 53.5 Å². The lowest BCUT2D eigenvalue weighted by atomic mass is 9.94. The van der Waals surface area contributed by atoms with Crippen LogP contribution in [0.25, 0.3) is 10.9 Å². The molecule has 0 spiro atoms. The van der Waals surface area contributed by atoms with Gasteiger partial charge in [0.25, 0.3) is 5.91 Å². The lowest BCUT2D eigenvalue weighted by Crippen LogP contribution is -2.33. The monoisotopic (exact) mass is 395 g/mol. The molecule has 4 rings (SSSR count). The summed E-state index contributed by atoms with van der Waals surface area (Å²) < 4.78 is 8.78. The highest BCUT2D eigenvalue weighted by atomic mass is 16.5. The minimum atomic E-state index is -0.501. The number of methoxy groups -OCH3 is 1. The molecule has 0 fully saturated rings. The van der Waals surface area contributed by atoms with Gasteiger partial charge >= 0.3 is 0 Å². The van der Waals surface area contributed by atoms with Gasteiger partial charge in [-0.15, -0.1) is 0 Å². The van der Waals surface area contributed by atoms with Crippen LogP contribution in [0.1, 0.15) is 40.5 Å². The summed E-state index contributed by atoms with van der Waals surface area (Å²) in [5, 5.41) is 8.53. The first-order chi connectivity index (χ1) is 14.1. The Kier molecular flexibility index (Phi) is 5.35. The van der Waals surface area contributed by atoms with Crippen LogP contribution in [-0.2, 0) is 29.0 Å². The van der Waals surface area contributed by atoms with Crippen molar-refractivity contribution < 1.29 is 14.3 Å². The number of carbonyl (C=O) groups is 2. The van der Waals surface area contributed by atoms with Gasteiger partial charge in [-0.25, -0.2) is 0 Å². The summed E-state index contributed by atoms with van der Waals surface area (Å²) in [6.45, 7) is 1.40. The largest absolute Gasteiger partial charge is 0.383 e. The SMILES string of the molecule is COCCn1cc2c(n1)C(NC(=O)Cn1cc(C(N)=O)c3ccccc31)CCC2. The van der Waals surface area contributed by atoms with Gasteiger partial charge < -0.3 is 20.4 Å². The molecule has 0 radical (unpaired) electrons. The van der Waals surface area contributed by atoms with Crippen LogP contribution in [0.4, 0.5) is 0 Å². The number of aromatic nitrogens is 3. The van der Waals surface area contributed by atoms with Crippen LogP contribution < -0.4 is 11.1 Å². The normalized spacial score (nSPS) is 16.0. The number of benzene rings is 1. The Morgan fingerprint density at radius 1 is 1.31 bits per heavy atom. The Morgan fingerprint density at radius 3 is 2.93 bits per heavy atom. The van der Waals surface area contributed by atoms with Crippen molar-refractivity contribution in [1.29, 1.82) is 0 Å². The van der Waals surface area contributed by atoms with Crippen LogP contribution in [0.3, 0.4) is 0 Å². The summed E-state index contributed by atoms with van der Waals surface area (Å²) in [5.74, 6) is -0.620. The molecule has 29 heavy (non-hydrogen) atoms. The number of nitrogens with zero attached hydrogens (tertiary/aromatic N) is 3. The summed E-state index contributed by atoms with van der Waals surface area (Å²) in [6.07, 6.45) is 6.54. The van der Waals surface area contributed by atoms with Gasteiger partial charge in [0.1, 0.15) is 6.54 Å². The van der Waals surface area contributed by atoms with Gasteiger partial charge in [0.2, 0.25) is 5.91 Å². The topological polar surface area (TPSA) is 104 Å². The third kappa shape index (κ3) is 3.88. The van der Waals surface area contributed by atoms with Crippen LogP contribution in [0.5, 0.6) is 0 Å². The number of primary amides is 1. The maximum Gasteiger partial charge on any atom is 0.250 e. The van der Waals surface area contributed by atoms with Gasteiger partial charge in [-0.1, -0.05) is 18.2 Å². The summed E-state index contributed by atoms with van der Waals surface area (Å²) in [6, 6.07) is 7.34. The fraction of sp³-hybridized carbons (Fsp3) is 0.381. The Labute approximate surface area is 168 Å². The van der Waals surface area contributed by atoms with E-state index in [1.807, 2.05) is 35.1 Å². The highest BCUT2D eigenvalue weighted by molar-refractivity contribution is 6.06. The molecule has 0 bridgehead atoms. The van der Waals surface area contributed by atoms with Gasteiger partial charge in [0, 0.05) is 30.4 Å². The van der Waals surface area contributed by atoms with E-state index in [0.29, 0.717) is 18.7 Å². The fourth-order valence-electron chi connectivity index (χ4n) is 4.01. The number of aryl methyl sites for hydroxylation is 1. The molecular weight excluding hydrogens is 370 g/mol. The van der Waals surface area contributed by atoms with Crippen molar-refractivity contribution in [1.82, 2.24) is 19.7 Å². The predicted octanol–water partition coefficient (Wildman–Crippen LogP) is 1.78. The molecule has 152 valence electrons. The molecule has 1 aliphatic rings. The molecule has 2 aromatic heterocycles. The first-order valence-electron chi connectivity index (χ1n) is 9.79. The number of fused-ring (bicyclic) bond motifs is 2. The first-order valence-corrected chi connectivity index (χ1v) is 9.79. The molecule has 0 saturated heterocycles. The van der Waals surface area contributed by atoms with Gasteiger partial charge in [-0.05, 0) is 30.9 Å². The number of para-hydroxylation sites is 1. The lowest BCUT2D eigenvalue weighted by molar-refractivity contribution is -0.122. The number of hydrogen-bond acceptors (Lipinski definition) is 4. The van der Waals surface area contributed by atoms with Gasteiger partial charge in [-0.2, -0.15) is 5.10 Å². The molecule has 1 atom stereocenters. The van der Waals surface area contributed by atoms with Crippen molar-refractivity contribution in [3.8, 4) is 0 Å². The second-order valence-corrected chi connectivity index (χ2v) is 7.36. The van der Waals surface area contributed by atoms with Gasteiger partial charge in [-0.3, -0.25) is 14.3 Å². The third-order valence-corrected chi connectivity index (χ3v) is 5.37. The molecule has 2 amide bonds. The minimum absolute atomic E-state index is 0.104. The first kappa shape index (κ1) is 19.2. The van der Waals surface area contributed by atoms with E-state index < -0.39 is 5.91 Å². The zero-order valence-corrected chi connectivity index (χ0v) is 16.4. The molecule has 1 aromatic carbocycles. The zero-order chi connectivity index (χ0) is 20.4. The highest BCUT2D eigenvalue weighted by Gasteiger charge is 2.25. The molecule has 0 saturated carbocycles. The standard InChI is InChI=1S/C21H25N5O3/c1-29-10-9-26-11-14-5-4-7-17(20(14)24-26)23-19(27)13-25-12-16(21(22)28)15-6-2-3-8-18(15)25/h2-3,6,8,11-12,17H,4-5,7,9-10,13H2,1H3,(H2,22,28)(H,23,27). The Balaban J connectivity index is 1.51. The Morgan fingerprint density at radius 2 is 2.14 bits per heavy atom. The zero-order valence-electron chi connectivity index (χ0n) is 16.4. The average molecular weight is 395 g/mol. The molecule has 8 heteroatoms. The molecule has 1 aliphatic carbocycles.